The summed E-state index contributed by atoms with van der Waals surface area (Å²) in [5, 5.41) is 3.03. The number of hydrogen-bond donors (Lipinski definition) is 0. The van der Waals surface area contributed by atoms with Crippen LogP contribution in [0, 0.1) is 6.92 Å². The number of rotatable bonds is 5. The van der Waals surface area contributed by atoms with Gasteiger partial charge in [-0.05, 0) is 41.2 Å². The molecule has 0 aliphatic rings. The maximum absolute atomic E-state index is 6.76. The average molecular weight is 393 g/mol. The summed E-state index contributed by atoms with van der Waals surface area (Å²) in [5.41, 5.74) is 5.18. The molecule has 0 spiro atoms. The van der Waals surface area contributed by atoms with Crippen LogP contribution in [0.15, 0.2) is 36.4 Å². The van der Waals surface area contributed by atoms with Gasteiger partial charge in [-0.25, -0.2) is 0 Å². The Morgan fingerprint density at radius 1 is 0.680 bits per heavy atom. The molecule has 0 bridgehead atoms. The van der Waals surface area contributed by atoms with Gasteiger partial charge in [0.1, 0.15) is 0 Å². The second-order valence-electron chi connectivity index (χ2n) is 8.08. The third kappa shape index (κ3) is 3.70. The first-order valence-electron chi connectivity index (χ1n) is 9.18. The largest absolute Gasteiger partial charge is 0.0943 e. The summed E-state index contributed by atoms with van der Waals surface area (Å²) in [6.07, 6.45) is 0. The highest BCUT2D eigenvalue weighted by molar-refractivity contribution is 6.95. The van der Waals surface area contributed by atoms with Crippen molar-refractivity contribution in [3.05, 3.63) is 52.0 Å². The number of benzene rings is 2. The van der Waals surface area contributed by atoms with E-state index in [0.29, 0.717) is 16.6 Å². The van der Waals surface area contributed by atoms with Gasteiger partial charge in [-0.15, -0.1) is 0 Å². The van der Waals surface area contributed by atoms with Crippen molar-refractivity contribution in [2.24, 2.45) is 0 Å². The van der Waals surface area contributed by atoms with Gasteiger partial charge in [0.25, 0.3) is 0 Å². The maximum atomic E-state index is 6.76. The summed E-state index contributed by atoms with van der Waals surface area (Å²) in [6, 6.07) is 12.8. The van der Waals surface area contributed by atoms with Gasteiger partial charge in [0.05, 0.1) is 8.07 Å². The van der Waals surface area contributed by atoms with Crippen molar-refractivity contribution in [2.75, 3.05) is 0 Å². The number of hydrogen-bond acceptors (Lipinski definition) is 0. The molecule has 0 nitrogen and oxygen atoms in total. The molecule has 2 aromatic rings. The fraction of sp³-hybridized carbons (Fsp3) is 0.455. The first-order valence-corrected chi connectivity index (χ1v) is 12.2. The van der Waals surface area contributed by atoms with Gasteiger partial charge in [0.2, 0.25) is 0 Å². The molecule has 2 rings (SSSR count). The van der Waals surface area contributed by atoms with E-state index >= 15 is 0 Å². The van der Waals surface area contributed by atoms with Gasteiger partial charge in [-0.3, -0.25) is 0 Å². The molecule has 0 amide bonds. The summed E-state index contributed by atoms with van der Waals surface area (Å²) in [4.78, 5) is 0. The van der Waals surface area contributed by atoms with Crippen molar-refractivity contribution in [2.45, 2.75) is 65.1 Å². The molecule has 0 fully saturated rings. The topological polar surface area (TPSA) is 0 Å². The van der Waals surface area contributed by atoms with Crippen LogP contribution in [0.2, 0.25) is 26.7 Å². The maximum Gasteiger partial charge on any atom is 0.0943 e. The van der Waals surface area contributed by atoms with Gasteiger partial charge in [0, 0.05) is 21.2 Å². The smallest absolute Gasteiger partial charge is 0.0837 e. The lowest BCUT2D eigenvalue weighted by Crippen LogP contribution is -2.55. The molecule has 2 aromatic carbocycles. The van der Waals surface area contributed by atoms with E-state index in [2.05, 4.69) is 71.9 Å². The molecule has 0 saturated heterocycles. The van der Waals surface area contributed by atoms with E-state index in [-0.39, 0.29) is 0 Å². The van der Waals surface area contributed by atoms with Crippen LogP contribution < -0.4 is 5.19 Å². The Bertz CT molecular complexity index is 726. The molecule has 0 saturated carbocycles. The van der Waals surface area contributed by atoms with Crippen molar-refractivity contribution >= 4 is 36.5 Å². The van der Waals surface area contributed by atoms with Crippen molar-refractivity contribution in [1.29, 1.82) is 0 Å². The Balaban J connectivity index is 2.61. The fourth-order valence-electron chi connectivity index (χ4n) is 4.84. The summed E-state index contributed by atoms with van der Waals surface area (Å²) in [7, 11) is -1.70. The van der Waals surface area contributed by atoms with E-state index < -0.39 is 8.07 Å². The third-order valence-electron chi connectivity index (χ3n) is 5.75. The quantitative estimate of drug-likeness (QED) is 0.454. The predicted molar refractivity (Wildman–Crippen MR) is 117 cm³/mol. The summed E-state index contributed by atoms with van der Waals surface area (Å²) >= 11 is 13.2. The molecule has 3 heteroatoms. The van der Waals surface area contributed by atoms with Crippen LogP contribution in [0.3, 0.4) is 0 Å². The molecule has 0 aliphatic carbocycles. The van der Waals surface area contributed by atoms with E-state index in [0.717, 1.165) is 26.7 Å². The van der Waals surface area contributed by atoms with Gasteiger partial charge >= 0.3 is 0 Å². The first-order chi connectivity index (χ1) is 11.6. The van der Waals surface area contributed by atoms with Crippen LogP contribution in [0.4, 0.5) is 0 Å². The van der Waals surface area contributed by atoms with Gasteiger partial charge in [-0.2, -0.15) is 0 Å². The van der Waals surface area contributed by atoms with E-state index in [1.807, 2.05) is 13.0 Å². The van der Waals surface area contributed by atoms with Crippen LogP contribution in [0.1, 0.15) is 47.1 Å². The van der Waals surface area contributed by atoms with Gasteiger partial charge < -0.3 is 0 Å². The van der Waals surface area contributed by atoms with Crippen molar-refractivity contribution in [3.63, 3.8) is 0 Å². The normalized spacial score (nSPS) is 12.5. The molecule has 0 aromatic heterocycles. The zero-order chi connectivity index (χ0) is 18.9. The highest BCUT2D eigenvalue weighted by Crippen LogP contribution is 2.42. The second-order valence-corrected chi connectivity index (χ2v) is 14.8. The minimum Gasteiger partial charge on any atom is -0.0837 e. The number of halogens is 2. The molecule has 136 valence electrons. The molecule has 0 N–H and O–H groups in total. The minimum atomic E-state index is -1.70. The lowest BCUT2D eigenvalue weighted by Gasteiger charge is -2.44. The minimum absolute atomic E-state index is 0.664. The van der Waals surface area contributed by atoms with Crippen molar-refractivity contribution in [3.8, 4) is 11.1 Å². The summed E-state index contributed by atoms with van der Waals surface area (Å²) < 4.78 is 0. The van der Waals surface area contributed by atoms with E-state index in [4.69, 9.17) is 23.2 Å². The molecule has 0 atom stereocenters. The highest BCUT2D eigenvalue weighted by atomic mass is 35.5. The summed E-state index contributed by atoms with van der Waals surface area (Å²) in [5.74, 6) is 0. The Morgan fingerprint density at radius 2 is 1.12 bits per heavy atom. The monoisotopic (exact) mass is 392 g/mol. The summed E-state index contributed by atoms with van der Waals surface area (Å²) in [6.45, 7) is 16.3. The van der Waals surface area contributed by atoms with Gasteiger partial charge in [0.15, 0.2) is 0 Å². The zero-order valence-electron chi connectivity index (χ0n) is 16.5. The molecule has 0 aliphatic heterocycles. The Morgan fingerprint density at radius 3 is 1.52 bits per heavy atom. The lowest BCUT2D eigenvalue weighted by molar-refractivity contribution is 0.835. The van der Waals surface area contributed by atoms with Crippen LogP contribution >= 0.6 is 23.2 Å². The predicted octanol–water partition coefficient (Wildman–Crippen LogP) is 7.85. The Kier molecular flexibility index (Phi) is 6.46. The Hall–Kier alpha value is -0.763. The average Bonchev–Trinajstić information content (AvgIpc) is 2.47. The van der Waals surface area contributed by atoms with Crippen LogP contribution in [-0.2, 0) is 0 Å². The van der Waals surface area contributed by atoms with Crippen molar-refractivity contribution < 1.29 is 0 Å². The molecule has 0 unspecified atom stereocenters. The van der Waals surface area contributed by atoms with Crippen LogP contribution in [0.25, 0.3) is 11.1 Å². The molecular weight excluding hydrogens is 363 g/mol. The zero-order valence-corrected chi connectivity index (χ0v) is 19.0. The SMILES string of the molecule is Cc1ccc(-c2ccc([Si](C(C)C)(C(C)C)C(C)C)cc2Cl)c(Cl)c1. The first kappa shape index (κ1) is 20.5. The van der Waals surface area contributed by atoms with E-state index in [1.54, 1.807) is 0 Å². The van der Waals surface area contributed by atoms with Crippen LogP contribution in [-0.4, -0.2) is 8.07 Å². The lowest BCUT2D eigenvalue weighted by atomic mass is 10.0. The molecule has 0 radical (unpaired) electrons. The van der Waals surface area contributed by atoms with Crippen LogP contribution in [0.5, 0.6) is 0 Å². The third-order valence-corrected chi connectivity index (χ3v) is 13.4. The van der Waals surface area contributed by atoms with E-state index in [1.165, 1.54) is 5.19 Å². The fourth-order valence-corrected chi connectivity index (χ4v) is 12.3. The Labute approximate surface area is 164 Å². The van der Waals surface area contributed by atoms with E-state index in [9.17, 15) is 0 Å². The molecule has 25 heavy (non-hydrogen) atoms. The second kappa shape index (κ2) is 7.86. The van der Waals surface area contributed by atoms with Crippen molar-refractivity contribution in [1.82, 2.24) is 0 Å². The van der Waals surface area contributed by atoms with Gasteiger partial charge in [-0.1, -0.05) is 94.2 Å². The molecule has 0 heterocycles. The highest BCUT2D eigenvalue weighted by Gasteiger charge is 2.44. The standard InChI is InChI=1S/C22H30Cl2Si/c1-14(2)25(15(3)4,16(5)6)18-9-11-20(22(24)13-18)19-10-8-17(7)12-21(19)23/h8-16H,1-7H3. The number of aryl methyl sites for hydroxylation is 1. The molecular formula is C22H30Cl2Si.